The van der Waals surface area contributed by atoms with Gasteiger partial charge in [-0.15, -0.1) is 0 Å². The van der Waals surface area contributed by atoms with Crippen molar-refractivity contribution < 1.29 is 0 Å². The van der Waals surface area contributed by atoms with Gasteiger partial charge >= 0.3 is 0 Å². The van der Waals surface area contributed by atoms with Crippen molar-refractivity contribution in [2.75, 3.05) is 0 Å². The Bertz CT molecular complexity index is 5280. The maximum Gasteiger partial charge on any atom is 0.145 e. The Morgan fingerprint density at radius 2 is 0.655 bits per heavy atom. The predicted molar refractivity (Wildman–Crippen MR) is 352 cm³/mol. The van der Waals surface area contributed by atoms with Gasteiger partial charge in [-0.3, -0.25) is 9.55 Å². The Morgan fingerprint density at radius 3 is 1.25 bits per heavy atom. The van der Waals surface area contributed by atoms with E-state index in [1.807, 2.05) is 24.5 Å². The normalized spacial score (nSPS) is 11.8. The molecule has 0 spiro atoms. The number of fused-ring (bicyclic) bond motifs is 14. The predicted octanol–water partition coefficient (Wildman–Crippen LogP) is 20.2. The third-order valence-corrected chi connectivity index (χ3v) is 17.1. The molecule has 0 radical (unpaired) electrons. The van der Waals surface area contributed by atoms with E-state index in [1.165, 1.54) is 104 Å². The fourth-order valence-corrected chi connectivity index (χ4v) is 13.4. The molecule has 84 heavy (non-hydrogen) atoms. The summed E-state index contributed by atoms with van der Waals surface area (Å²) in [5.74, 6) is 0. The molecule has 0 N–H and O–H groups in total. The molecular weight excluding hydrogens is 1020 g/mol. The van der Waals surface area contributed by atoms with Gasteiger partial charge in [0.2, 0.25) is 0 Å². The van der Waals surface area contributed by atoms with E-state index < -0.39 is 0 Å². The second-order valence-electron chi connectivity index (χ2n) is 21.7. The van der Waals surface area contributed by atoms with Crippen LogP contribution in [0.1, 0.15) is 0 Å². The quantitative estimate of drug-likeness (QED) is 0.167. The maximum absolute atomic E-state index is 4.85. The van der Waals surface area contributed by atoms with Crippen LogP contribution >= 0.6 is 0 Å². The fourth-order valence-electron chi connectivity index (χ4n) is 13.4. The van der Waals surface area contributed by atoms with Crippen LogP contribution in [0.4, 0.5) is 0 Å². The molecule has 6 nitrogen and oxygen atoms in total. The van der Waals surface area contributed by atoms with E-state index >= 15 is 0 Å². The molecule has 0 unspecified atom stereocenters. The summed E-state index contributed by atoms with van der Waals surface area (Å²) in [5, 5.41) is 13.5. The first-order valence-electron chi connectivity index (χ1n) is 28.6. The first kappa shape index (κ1) is 47.5. The summed E-state index contributed by atoms with van der Waals surface area (Å²) < 4.78 is 9.39. The fraction of sp³-hybridized carbons (Fsp3) is 0. The molecule has 6 heteroatoms. The van der Waals surface area contributed by atoms with Gasteiger partial charge < -0.3 is 13.7 Å². The van der Waals surface area contributed by atoms with Gasteiger partial charge in [0, 0.05) is 72.8 Å². The molecule has 18 aromatic rings. The molecule has 0 aliphatic heterocycles. The van der Waals surface area contributed by atoms with Gasteiger partial charge in [-0.05, 0) is 165 Å². The van der Waals surface area contributed by atoms with Gasteiger partial charge in [-0.25, -0.2) is 4.98 Å². The first-order valence-corrected chi connectivity index (χ1v) is 28.6. The number of aromatic nitrogens is 6. The summed E-state index contributed by atoms with van der Waals surface area (Å²) in [6.07, 6.45) is 3.77. The van der Waals surface area contributed by atoms with Crippen molar-refractivity contribution in [3.8, 4) is 45.0 Å². The van der Waals surface area contributed by atoms with Gasteiger partial charge in [-0.2, -0.15) is 0 Å². The second-order valence-corrected chi connectivity index (χ2v) is 21.7. The van der Waals surface area contributed by atoms with E-state index in [1.54, 1.807) is 0 Å². The zero-order valence-electron chi connectivity index (χ0n) is 45.6. The monoisotopic (exact) mass is 1070 g/mol. The summed E-state index contributed by atoms with van der Waals surface area (Å²) in [6, 6.07) is 105. The average Bonchev–Trinajstić information content (AvgIpc) is 4.43. The second kappa shape index (κ2) is 19.2. The molecule has 12 aromatic carbocycles. The van der Waals surface area contributed by atoms with Gasteiger partial charge in [-0.1, -0.05) is 170 Å². The van der Waals surface area contributed by atoms with Gasteiger partial charge in [0.15, 0.2) is 0 Å². The summed E-state index contributed by atoms with van der Waals surface area (Å²) in [5.41, 5.74) is 19.7. The lowest BCUT2D eigenvalue weighted by molar-refractivity contribution is 1.14. The number of hydrogen-bond donors (Lipinski definition) is 0. The van der Waals surface area contributed by atoms with E-state index in [9.17, 15) is 0 Å². The molecular formula is C78H50N6. The van der Waals surface area contributed by atoms with Crippen LogP contribution < -0.4 is 0 Å². The number of benzene rings is 12. The van der Waals surface area contributed by atoms with Crippen LogP contribution in [0.5, 0.6) is 0 Å². The Balaban J connectivity index is 0.000000132. The molecule has 0 saturated heterocycles. The molecule has 0 saturated carbocycles. The largest absolute Gasteiger partial charge is 0.309 e. The summed E-state index contributed by atoms with van der Waals surface area (Å²) in [7, 11) is 0. The molecule has 392 valence electrons. The number of rotatable bonds is 6. The van der Waals surface area contributed by atoms with Crippen LogP contribution in [-0.4, -0.2) is 28.2 Å². The average molecular weight is 1070 g/mol. The van der Waals surface area contributed by atoms with Gasteiger partial charge in [0.05, 0.1) is 44.1 Å². The molecule has 18 rings (SSSR count). The van der Waals surface area contributed by atoms with E-state index in [0.29, 0.717) is 0 Å². The lowest BCUT2D eigenvalue weighted by Gasteiger charge is -2.10. The van der Waals surface area contributed by atoms with E-state index in [-0.39, 0.29) is 0 Å². The molecule has 0 fully saturated rings. The summed E-state index contributed by atoms with van der Waals surface area (Å²) in [6.45, 7) is 0. The number of pyridine rings is 2. The van der Waals surface area contributed by atoms with Crippen LogP contribution in [0.2, 0.25) is 0 Å². The van der Waals surface area contributed by atoms with Crippen molar-refractivity contribution in [3.05, 3.63) is 304 Å². The summed E-state index contributed by atoms with van der Waals surface area (Å²) >= 11 is 0. The van der Waals surface area contributed by atoms with E-state index in [0.717, 1.165) is 49.9 Å². The van der Waals surface area contributed by atoms with Crippen LogP contribution in [0.25, 0.3) is 154 Å². The Kier molecular flexibility index (Phi) is 10.8. The third-order valence-electron chi connectivity index (χ3n) is 17.1. The summed E-state index contributed by atoms with van der Waals surface area (Å²) in [4.78, 5) is 9.65. The van der Waals surface area contributed by atoms with Crippen molar-refractivity contribution in [1.29, 1.82) is 0 Å². The topological polar surface area (TPSA) is 45.5 Å². The standard InChI is InChI=1S/2C39H25N3/c1-2-12-29(13-3-1)42-36-22-20-28(25-34(36)32-16-9-23-40-39(32)42)31-15-8-18-37-38(31)33-14-6-7-17-35(33)41(37)30-21-19-26-10-4-5-11-27(26)24-30;1-2-12-29(13-3-1)41-35-22-20-28(25-33(35)39-37(41)18-9-23-40-39)31-15-8-17-36-38(31)32-14-6-7-16-34(32)42(36)30-21-19-26-10-4-5-11-27(26)24-30/h2*1-25H. The van der Waals surface area contributed by atoms with Crippen molar-refractivity contribution in [3.63, 3.8) is 0 Å². The molecule has 6 heterocycles. The highest BCUT2D eigenvalue weighted by molar-refractivity contribution is 6.19. The van der Waals surface area contributed by atoms with Gasteiger partial charge in [0.1, 0.15) is 5.65 Å². The number of para-hydroxylation sites is 4. The minimum atomic E-state index is 0.974. The lowest BCUT2D eigenvalue weighted by Crippen LogP contribution is -1.94. The van der Waals surface area contributed by atoms with E-state index in [4.69, 9.17) is 9.97 Å². The minimum Gasteiger partial charge on any atom is -0.309 e. The van der Waals surface area contributed by atoms with Gasteiger partial charge in [0.25, 0.3) is 0 Å². The number of nitrogens with zero attached hydrogens (tertiary/aromatic N) is 6. The van der Waals surface area contributed by atoms with Crippen LogP contribution in [0.3, 0.4) is 0 Å². The van der Waals surface area contributed by atoms with Crippen LogP contribution in [-0.2, 0) is 0 Å². The highest BCUT2D eigenvalue weighted by Gasteiger charge is 2.21. The Hall–Kier alpha value is -11.3. The first-order chi connectivity index (χ1) is 41.7. The smallest absolute Gasteiger partial charge is 0.145 e. The van der Waals surface area contributed by atoms with Crippen LogP contribution in [0, 0.1) is 0 Å². The zero-order chi connectivity index (χ0) is 55.2. The molecule has 0 aliphatic rings. The molecule has 0 aliphatic carbocycles. The van der Waals surface area contributed by atoms with Crippen molar-refractivity contribution in [2.45, 2.75) is 0 Å². The zero-order valence-corrected chi connectivity index (χ0v) is 45.6. The Labute approximate surface area is 483 Å². The SMILES string of the molecule is c1ccc(-n2c3ccc(-c4cccc5c4c4ccccc4n5-c4ccc5ccccc5c4)cc3c3cccnc32)cc1.c1ccc(-n2c3ccc(-c4cccc5c4c4ccccc4n5-c4ccc5ccccc5c4)cc3c3ncccc32)cc1. The van der Waals surface area contributed by atoms with Crippen molar-refractivity contribution >= 4 is 109 Å². The van der Waals surface area contributed by atoms with Crippen molar-refractivity contribution in [2.24, 2.45) is 0 Å². The number of hydrogen-bond acceptors (Lipinski definition) is 2. The maximum atomic E-state index is 4.85. The lowest BCUT2D eigenvalue weighted by atomic mass is 9.98. The molecule has 0 bridgehead atoms. The highest BCUT2D eigenvalue weighted by atomic mass is 15.0. The molecule has 6 aromatic heterocycles. The van der Waals surface area contributed by atoms with Crippen LogP contribution in [0.15, 0.2) is 304 Å². The van der Waals surface area contributed by atoms with E-state index in [2.05, 4.69) is 297 Å². The molecule has 0 amide bonds. The minimum absolute atomic E-state index is 0.974. The molecule has 0 atom stereocenters. The highest BCUT2D eigenvalue weighted by Crippen LogP contribution is 2.43. The van der Waals surface area contributed by atoms with Crippen molar-refractivity contribution in [1.82, 2.24) is 28.2 Å². The Morgan fingerprint density at radius 1 is 0.226 bits per heavy atom. The third kappa shape index (κ3) is 7.44.